The lowest BCUT2D eigenvalue weighted by atomic mass is 10.1. The van der Waals surface area contributed by atoms with E-state index >= 15 is 0 Å². The SMILES string of the molecule is NCc1cccc(CN2CCS(=O)(=O)CC2)c1. The van der Waals surface area contributed by atoms with Gasteiger partial charge in [0.15, 0.2) is 9.84 Å². The highest BCUT2D eigenvalue weighted by Gasteiger charge is 2.21. The van der Waals surface area contributed by atoms with Gasteiger partial charge in [-0.2, -0.15) is 0 Å². The van der Waals surface area contributed by atoms with E-state index in [0.29, 0.717) is 19.6 Å². The molecule has 0 bridgehead atoms. The topological polar surface area (TPSA) is 63.4 Å². The van der Waals surface area contributed by atoms with E-state index in [1.807, 2.05) is 12.1 Å². The second-order valence-electron chi connectivity index (χ2n) is 4.45. The van der Waals surface area contributed by atoms with Crippen molar-refractivity contribution < 1.29 is 8.42 Å². The normalized spacial score (nSPS) is 20.3. The van der Waals surface area contributed by atoms with Crippen LogP contribution in [0.2, 0.25) is 0 Å². The lowest BCUT2D eigenvalue weighted by molar-refractivity contribution is 0.287. The molecular formula is C12H18N2O2S. The minimum absolute atomic E-state index is 0.281. The van der Waals surface area contributed by atoms with Crippen LogP contribution in [0.15, 0.2) is 24.3 Å². The van der Waals surface area contributed by atoms with Crippen molar-refractivity contribution in [3.63, 3.8) is 0 Å². The molecule has 1 fully saturated rings. The largest absolute Gasteiger partial charge is 0.326 e. The third-order valence-corrected chi connectivity index (χ3v) is 4.68. The fraction of sp³-hybridized carbons (Fsp3) is 0.500. The summed E-state index contributed by atoms with van der Waals surface area (Å²) in [5.74, 6) is 0.563. The van der Waals surface area contributed by atoms with Crippen LogP contribution in [0, 0.1) is 0 Å². The molecule has 94 valence electrons. The van der Waals surface area contributed by atoms with E-state index in [-0.39, 0.29) is 11.5 Å². The molecule has 5 heteroatoms. The van der Waals surface area contributed by atoms with Gasteiger partial charge in [-0.05, 0) is 11.1 Å². The molecule has 2 N–H and O–H groups in total. The Bertz CT molecular complexity index is 471. The maximum absolute atomic E-state index is 11.3. The van der Waals surface area contributed by atoms with E-state index in [9.17, 15) is 8.42 Å². The second-order valence-corrected chi connectivity index (χ2v) is 6.76. The van der Waals surface area contributed by atoms with Gasteiger partial charge in [-0.3, -0.25) is 4.90 Å². The number of hydrogen-bond acceptors (Lipinski definition) is 4. The summed E-state index contributed by atoms with van der Waals surface area (Å²) in [6.45, 7) is 2.62. The van der Waals surface area contributed by atoms with Crippen molar-refractivity contribution in [1.29, 1.82) is 0 Å². The molecule has 2 rings (SSSR count). The molecule has 0 unspecified atom stereocenters. The zero-order chi connectivity index (χ0) is 12.3. The standard InChI is InChI=1S/C12H18N2O2S/c13-9-11-2-1-3-12(8-11)10-14-4-6-17(15,16)7-5-14/h1-3,8H,4-7,9-10,13H2. The van der Waals surface area contributed by atoms with Crippen LogP contribution in [0.25, 0.3) is 0 Å². The van der Waals surface area contributed by atoms with Gasteiger partial charge in [0.1, 0.15) is 0 Å². The third-order valence-electron chi connectivity index (χ3n) is 3.07. The molecule has 1 heterocycles. The summed E-state index contributed by atoms with van der Waals surface area (Å²) < 4.78 is 22.6. The minimum Gasteiger partial charge on any atom is -0.326 e. The summed E-state index contributed by atoms with van der Waals surface area (Å²) in [6.07, 6.45) is 0. The van der Waals surface area contributed by atoms with Crippen molar-refractivity contribution in [3.05, 3.63) is 35.4 Å². The highest BCUT2D eigenvalue weighted by molar-refractivity contribution is 7.91. The van der Waals surface area contributed by atoms with Gasteiger partial charge in [-0.25, -0.2) is 8.42 Å². The second kappa shape index (κ2) is 5.16. The monoisotopic (exact) mass is 254 g/mol. The molecular weight excluding hydrogens is 236 g/mol. The molecule has 0 amide bonds. The summed E-state index contributed by atoms with van der Waals surface area (Å²) in [5, 5.41) is 0. The summed E-state index contributed by atoms with van der Waals surface area (Å²) >= 11 is 0. The molecule has 1 aliphatic rings. The van der Waals surface area contributed by atoms with Gasteiger partial charge in [0.05, 0.1) is 11.5 Å². The van der Waals surface area contributed by atoms with Crippen LogP contribution in [-0.2, 0) is 22.9 Å². The van der Waals surface area contributed by atoms with Gasteiger partial charge in [0.2, 0.25) is 0 Å². The summed E-state index contributed by atoms with van der Waals surface area (Å²) in [5.41, 5.74) is 7.91. The summed E-state index contributed by atoms with van der Waals surface area (Å²) in [4.78, 5) is 2.18. The van der Waals surface area contributed by atoms with Gasteiger partial charge in [-0.15, -0.1) is 0 Å². The smallest absolute Gasteiger partial charge is 0.152 e. The number of rotatable bonds is 3. The van der Waals surface area contributed by atoms with Gasteiger partial charge in [0.25, 0.3) is 0 Å². The predicted octanol–water partition coefficient (Wildman–Crippen LogP) is 0.376. The predicted molar refractivity (Wildman–Crippen MR) is 68.3 cm³/mol. The highest BCUT2D eigenvalue weighted by atomic mass is 32.2. The average Bonchev–Trinajstić information content (AvgIpc) is 2.32. The van der Waals surface area contributed by atoms with E-state index < -0.39 is 9.84 Å². The van der Waals surface area contributed by atoms with Gasteiger partial charge in [-0.1, -0.05) is 24.3 Å². The van der Waals surface area contributed by atoms with E-state index in [0.717, 1.165) is 12.1 Å². The first-order chi connectivity index (χ1) is 8.09. The van der Waals surface area contributed by atoms with Crippen LogP contribution in [0.5, 0.6) is 0 Å². The molecule has 0 aromatic heterocycles. The Hall–Kier alpha value is -0.910. The third kappa shape index (κ3) is 3.52. The van der Waals surface area contributed by atoms with Crippen molar-refractivity contribution in [2.24, 2.45) is 5.73 Å². The first kappa shape index (κ1) is 12.5. The van der Waals surface area contributed by atoms with Crippen LogP contribution in [0.1, 0.15) is 11.1 Å². The van der Waals surface area contributed by atoms with Crippen molar-refractivity contribution >= 4 is 9.84 Å². The Kier molecular flexibility index (Phi) is 3.81. The zero-order valence-corrected chi connectivity index (χ0v) is 10.6. The Labute approximate surface area is 102 Å². The Morgan fingerprint density at radius 1 is 1.18 bits per heavy atom. The number of nitrogens with two attached hydrogens (primary N) is 1. The molecule has 4 nitrogen and oxygen atoms in total. The maximum Gasteiger partial charge on any atom is 0.152 e. The first-order valence-corrected chi connectivity index (χ1v) is 7.62. The fourth-order valence-electron chi connectivity index (χ4n) is 2.02. The molecule has 1 aromatic carbocycles. The van der Waals surface area contributed by atoms with Crippen LogP contribution in [0.3, 0.4) is 0 Å². The molecule has 0 aliphatic carbocycles. The van der Waals surface area contributed by atoms with Crippen LogP contribution in [0.4, 0.5) is 0 Å². The summed E-state index contributed by atoms with van der Waals surface area (Å²) in [6, 6.07) is 8.15. The quantitative estimate of drug-likeness (QED) is 0.847. The van der Waals surface area contributed by atoms with Crippen LogP contribution >= 0.6 is 0 Å². The van der Waals surface area contributed by atoms with Crippen molar-refractivity contribution in [3.8, 4) is 0 Å². The van der Waals surface area contributed by atoms with Crippen molar-refractivity contribution in [2.75, 3.05) is 24.6 Å². The molecule has 1 saturated heterocycles. The lowest BCUT2D eigenvalue weighted by Gasteiger charge is -2.26. The summed E-state index contributed by atoms with van der Waals surface area (Å²) in [7, 11) is -2.78. The molecule has 1 aromatic rings. The molecule has 1 aliphatic heterocycles. The Morgan fingerprint density at radius 2 is 1.82 bits per heavy atom. The number of nitrogens with zero attached hydrogens (tertiary/aromatic N) is 1. The zero-order valence-electron chi connectivity index (χ0n) is 9.80. The highest BCUT2D eigenvalue weighted by Crippen LogP contribution is 2.11. The molecule has 17 heavy (non-hydrogen) atoms. The molecule has 0 atom stereocenters. The first-order valence-electron chi connectivity index (χ1n) is 5.80. The van der Waals surface area contributed by atoms with Gasteiger partial charge >= 0.3 is 0 Å². The lowest BCUT2D eigenvalue weighted by Crippen LogP contribution is -2.39. The van der Waals surface area contributed by atoms with Crippen LogP contribution < -0.4 is 5.73 Å². The van der Waals surface area contributed by atoms with Crippen molar-refractivity contribution in [2.45, 2.75) is 13.1 Å². The molecule has 0 saturated carbocycles. The number of benzene rings is 1. The Balaban J connectivity index is 1.97. The van der Waals surface area contributed by atoms with E-state index in [4.69, 9.17) is 5.73 Å². The van der Waals surface area contributed by atoms with E-state index in [1.54, 1.807) is 0 Å². The van der Waals surface area contributed by atoms with Crippen molar-refractivity contribution in [1.82, 2.24) is 4.90 Å². The molecule has 0 radical (unpaired) electrons. The van der Waals surface area contributed by atoms with Gasteiger partial charge < -0.3 is 5.73 Å². The van der Waals surface area contributed by atoms with Gasteiger partial charge in [0, 0.05) is 26.2 Å². The number of hydrogen-bond donors (Lipinski definition) is 1. The minimum atomic E-state index is -2.78. The van der Waals surface area contributed by atoms with E-state index in [2.05, 4.69) is 17.0 Å². The average molecular weight is 254 g/mol. The van der Waals surface area contributed by atoms with E-state index in [1.165, 1.54) is 5.56 Å². The number of sulfone groups is 1. The van der Waals surface area contributed by atoms with Crippen LogP contribution in [-0.4, -0.2) is 37.9 Å². The maximum atomic E-state index is 11.3. The fourth-order valence-corrected chi connectivity index (χ4v) is 3.30. The molecule has 0 spiro atoms. The Morgan fingerprint density at radius 3 is 2.47 bits per heavy atom.